The lowest BCUT2D eigenvalue weighted by atomic mass is 10.0. The fraction of sp³-hybridized carbons (Fsp3) is 0.400. The Kier molecular flexibility index (Phi) is 5.93. The van der Waals surface area contributed by atoms with Crippen molar-refractivity contribution in [3.8, 4) is 17.3 Å². The van der Waals surface area contributed by atoms with Gasteiger partial charge in [-0.1, -0.05) is 12.1 Å². The van der Waals surface area contributed by atoms with E-state index < -0.39 is 5.82 Å². The van der Waals surface area contributed by atoms with Gasteiger partial charge in [0.15, 0.2) is 23.0 Å². The third-order valence-corrected chi connectivity index (χ3v) is 6.51. The monoisotopic (exact) mass is 464 g/mol. The minimum Gasteiger partial charge on any atom is -0.488 e. The van der Waals surface area contributed by atoms with Gasteiger partial charge in [-0.2, -0.15) is 0 Å². The largest absolute Gasteiger partial charge is 0.488 e. The van der Waals surface area contributed by atoms with Gasteiger partial charge in [0.25, 0.3) is 0 Å². The average Bonchev–Trinajstić information content (AvgIpc) is 3.41. The molecule has 0 radical (unpaired) electrons. The number of nitrogens with two attached hydrogens (primary N) is 1. The van der Waals surface area contributed by atoms with Crippen LogP contribution in [0.2, 0.25) is 0 Å². The number of hydrogen-bond acceptors (Lipinski definition) is 7. The Hall–Kier alpha value is -3.14. The number of aromatic nitrogens is 4. The van der Waals surface area contributed by atoms with E-state index in [-0.39, 0.29) is 23.9 Å². The van der Waals surface area contributed by atoms with E-state index in [1.54, 1.807) is 13.2 Å². The number of methoxy groups -OCH3 is 1. The SMILES string of the molecule is COCCOc1cc2nc(-c3nnc4ccc([C@@H](C)N5CC[C@](C)(N)C5)cn34)ccc2cc1F. The van der Waals surface area contributed by atoms with E-state index in [1.807, 2.05) is 22.6 Å². The summed E-state index contributed by atoms with van der Waals surface area (Å²) < 4.78 is 26.8. The van der Waals surface area contributed by atoms with Crippen LogP contribution in [-0.2, 0) is 4.74 Å². The molecule has 0 spiro atoms. The summed E-state index contributed by atoms with van der Waals surface area (Å²) in [5.41, 5.74) is 9.35. The number of ether oxygens (including phenoxy) is 2. The Morgan fingerprint density at radius 3 is 2.79 bits per heavy atom. The molecule has 4 aromatic rings. The van der Waals surface area contributed by atoms with Gasteiger partial charge < -0.3 is 15.2 Å². The van der Waals surface area contributed by atoms with E-state index in [4.69, 9.17) is 20.2 Å². The molecule has 1 aromatic carbocycles. The van der Waals surface area contributed by atoms with Crippen molar-refractivity contribution in [3.05, 3.63) is 54.0 Å². The molecule has 0 aliphatic carbocycles. The minimum atomic E-state index is -0.430. The summed E-state index contributed by atoms with van der Waals surface area (Å²) in [4.78, 5) is 7.14. The second kappa shape index (κ2) is 8.90. The molecule has 8 nitrogen and oxygen atoms in total. The third kappa shape index (κ3) is 4.34. The molecule has 1 aliphatic rings. The molecule has 1 aliphatic heterocycles. The number of benzene rings is 1. The first-order chi connectivity index (χ1) is 16.3. The van der Waals surface area contributed by atoms with Crippen molar-refractivity contribution in [2.45, 2.75) is 31.8 Å². The van der Waals surface area contributed by atoms with Crippen molar-refractivity contribution in [1.29, 1.82) is 0 Å². The summed E-state index contributed by atoms with van der Waals surface area (Å²) in [7, 11) is 1.57. The van der Waals surface area contributed by atoms with Gasteiger partial charge in [-0.05, 0) is 44.0 Å². The van der Waals surface area contributed by atoms with Gasteiger partial charge in [0.2, 0.25) is 0 Å². The van der Waals surface area contributed by atoms with Gasteiger partial charge in [0, 0.05) is 49.4 Å². The topological polar surface area (TPSA) is 90.8 Å². The molecule has 178 valence electrons. The van der Waals surface area contributed by atoms with Crippen LogP contribution in [0.25, 0.3) is 28.1 Å². The van der Waals surface area contributed by atoms with Gasteiger partial charge in [-0.3, -0.25) is 9.30 Å². The number of rotatable bonds is 7. The molecule has 1 saturated heterocycles. The van der Waals surface area contributed by atoms with Gasteiger partial charge in [0.1, 0.15) is 12.3 Å². The molecule has 4 heterocycles. The van der Waals surface area contributed by atoms with Gasteiger partial charge in [0.05, 0.1) is 12.1 Å². The average molecular weight is 465 g/mol. The highest BCUT2D eigenvalue weighted by molar-refractivity contribution is 5.82. The van der Waals surface area contributed by atoms with E-state index in [0.717, 1.165) is 30.7 Å². The molecule has 0 saturated carbocycles. The molecular formula is C25H29FN6O2. The number of fused-ring (bicyclic) bond motifs is 2. The van der Waals surface area contributed by atoms with Gasteiger partial charge >= 0.3 is 0 Å². The highest BCUT2D eigenvalue weighted by Gasteiger charge is 2.32. The molecule has 34 heavy (non-hydrogen) atoms. The molecule has 2 atom stereocenters. The summed E-state index contributed by atoms with van der Waals surface area (Å²) >= 11 is 0. The van der Waals surface area contributed by atoms with Crippen molar-refractivity contribution in [2.75, 3.05) is 33.4 Å². The highest BCUT2D eigenvalue weighted by atomic mass is 19.1. The van der Waals surface area contributed by atoms with Crippen LogP contribution in [0, 0.1) is 5.82 Å². The third-order valence-electron chi connectivity index (χ3n) is 6.51. The predicted octanol–water partition coefficient (Wildman–Crippen LogP) is 3.59. The maximum atomic E-state index is 14.4. The number of nitrogens with zero attached hydrogens (tertiary/aromatic N) is 5. The zero-order valence-electron chi connectivity index (χ0n) is 19.7. The second-order valence-corrected chi connectivity index (χ2v) is 9.28. The summed E-state index contributed by atoms with van der Waals surface area (Å²) in [6.45, 7) is 6.76. The van der Waals surface area contributed by atoms with Crippen LogP contribution in [0.5, 0.6) is 5.75 Å². The summed E-state index contributed by atoms with van der Waals surface area (Å²) in [6.07, 6.45) is 3.05. The molecule has 3 aromatic heterocycles. The fourth-order valence-electron chi connectivity index (χ4n) is 4.49. The Morgan fingerprint density at radius 2 is 2.03 bits per heavy atom. The van der Waals surface area contributed by atoms with E-state index in [9.17, 15) is 4.39 Å². The van der Waals surface area contributed by atoms with E-state index in [0.29, 0.717) is 29.0 Å². The maximum absolute atomic E-state index is 14.4. The quantitative estimate of drug-likeness (QED) is 0.418. The fourth-order valence-corrected chi connectivity index (χ4v) is 4.49. The molecule has 5 rings (SSSR count). The Bertz CT molecular complexity index is 1340. The lowest BCUT2D eigenvalue weighted by Gasteiger charge is -2.26. The van der Waals surface area contributed by atoms with Crippen molar-refractivity contribution < 1.29 is 13.9 Å². The van der Waals surface area contributed by atoms with Crippen molar-refractivity contribution in [3.63, 3.8) is 0 Å². The predicted molar refractivity (Wildman–Crippen MR) is 128 cm³/mol. The second-order valence-electron chi connectivity index (χ2n) is 9.28. The number of likely N-dealkylation sites (tertiary alicyclic amines) is 1. The molecular weight excluding hydrogens is 435 g/mol. The van der Waals surface area contributed by atoms with Crippen molar-refractivity contribution in [2.24, 2.45) is 5.73 Å². The van der Waals surface area contributed by atoms with E-state index in [2.05, 4.69) is 41.2 Å². The zero-order valence-corrected chi connectivity index (χ0v) is 19.7. The van der Waals surface area contributed by atoms with Crippen LogP contribution < -0.4 is 10.5 Å². The standard InChI is InChI=1S/C25H29FN6O2/c1-16(31-9-8-25(2,27)15-31)18-5-7-23-29-30-24(32(23)14-18)20-6-4-17-12-19(26)22(13-21(17)28-20)34-11-10-33-3/h4-7,12-14,16H,8-11,15,27H2,1-3H3/t16-,25+/m1/s1. The number of hydrogen-bond donors (Lipinski definition) is 1. The zero-order chi connectivity index (χ0) is 23.9. The Morgan fingerprint density at radius 1 is 1.18 bits per heavy atom. The van der Waals surface area contributed by atoms with Gasteiger partial charge in [-0.25, -0.2) is 9.37 Å². The maximum Gasteiger partial charge on any atom is 0.187 e. The first-order valence-corrected chi connectivity index (χ1v) is 11.4. The minimum absolute atomic E-state index is 0.147. The first-order valence-electron chi connectivity index (χ1n) is 11.4. The smallest absolute Gasteiger partial charge is 0.187 e. The number of halogens is 1. The van der Waals surface area contributed by atoms with E-state index >= 15 is 0 Å². The molecule has 9 heteroatoms. The lowest BCUT2D eigenvalue weighted by Crippen LogP contribution is -2.39. The summed E-state index contributed by atoms with van der Waals surface area (Å²) in [5, 5.41) is 9.39. The molecule has 0 amide bonds. The van der Waals surface area contributed by atoms with Crippen LogP contribution in [0.3, 0.4) is 0 Å². The summed E-state index contributed by atoms with van der Waals surface area (Å²) in [5.74, 6) is 0.344. The Balaban J connectivity index is 1.49. The molecule has 2 N–H and O–H groups in total. The van der Waals surface area contributed by atoms with Crippen LogP contribution in [0.4, 0.5) is 4.39 Å². The first kappa shape index (κ1) is 22.6. The lowest BCUT2D eigenvalue weighted by molar-refractivity contribution is 0.144. The summed E-state index contributed by atoms with van der Waals surface area (Å²) in [6, 6.07) is 11.0. The molecule has 0 unspecified atom stereocenters. The number of pyridine rings is 2. The molecule has 0 bridgehead atoms. The molecule has 1 fully saturated rings. The van der Waals surface area contributed by atoms with Crippen molar-refractivity contribution >= 4 is 16.6 Å². The van der Waals surface area contributed by atoms with E-state index in [1.165, 1.54) is 6.07 Å². The van der Waals surface area contributed by atoms with Crippen molar-refractivity contribution in [1.82, 2.24) is 24.5 Å². The van der Waals surface area contributed by atoms with Crippen LogP contribution >= 0.6 is 0 Å². The van der Waals surface area contributed by atoms with Crippen LogP contribution in [0.1, 0.15) is 31.9 Å². The van der Waals surface area contributed by atoms with Gasteiger partial charge in [-0.15, -0.1) is 10.2 Å². The normalized spacial score (nSPS) is 19.8. The van der Waals surface area contributed by atoms with Crippen LogP contribution in [0.15, 0.2) is 42.6 Å². The van der Waals surface area contributed by atoms with Crippen LogP contribution in [-0.4, -0.2) is 63.4 Å². The highest BCUT2D eigenvalue weighted by Crippen LogP contribution is 2.30. The Labute approximate surface area is 197 Å².